The minimum absolute atomic E-state index is 0.731. The standard InChI is InChI=1S/C14H24N4O/c1-2-12-19-13-4-3-6-16-14(13)18-10-8-17(7-5-15)9-11-18/h3-4,6H,2,5,7-12,15H2,1H3. The van der Waals surface area contributed by atoms with Crippen molar-refractivity contribution in [2.24, 2.45) is 5.73 Å². The van der Waals surface area contributed by atoms with Gasteiger partial charge in [0.2, 0.25) is 0 Å². The highest BCUT2D eigenvalue weighted by molar-refractivity contribution is 5.52. The molecule has 2 heterocycles. The van der Waals surface area contributed by atoms with Crippen molar-refractivity contribution in [3.63, 3.8) is 0 Å². The third-order valence-electron chi connectivity index (χ3n) is 3.33. The quantitative estimate of drug-likeness (QED) is 0.829. The predicted octanol–water partition coefficient (Wildman–Crippen LogP) is 0.951. The topological polar surface area (TPSA) is 54.6 Å². The van der Waals surface area contributed by atoms with Crippen molar-refractivity contribution in [3.8, 4) is 5.75 Å². The molecule has 0 unspecified atom stereocenters. The summed E-state index contributed by atoms with van der Waals surface area (Å²) < 4.78 is 5.78. The molecule has 0 aliphatic carbocycles. The first-order valence-electron chi connectivity index (χ1n) is 7.10. The first kappa shape index (κ1) is 14.1. The summed E-state index contributed by atoms with van der Waals surface area (Å²) in [5.41, 5.74) is 5.60. The number of rotatable bonds is 6. The van der Waals surface area contributed by atoms with Crippen LogP contribution in [0.5, 0.6) is 5.75 Å². The van der Waals surface area contributed by atoms with Crippen LogP contribution in [0.4, 0.5) is 5.82 Å². The Bertz CT molecular complexity index is 377. The van der Waals surface area contributed by atoms with Crippen molar-refractivity contribution in [1.29, 1.82) is 0 Å². The summed E-state index contributed by atoms with van der Waals surface area (Å²) >= 11 is 0. The average molecular weight is 264 g/mol. The van der Waals surface area contributed by atoms with Crippen LogP contribution in [0.25, 0.3) is 0 Å². The molecule has 1 saturated heterocycles. The van der Waals surface area contributed by atoms with Crippen molar-refractivity contribution in [2.45, 2.75) is 13.3 Å². The Labute approximate surface area is 115 Å². The molecule has 0 atom stereocenters. The molecule has 0 bridgehead atoms. The zero-order valence-corrected chi connectivity index (χ0v) is 11.7. The molecule has 106 valence electrons. The zero-order chi connectivity index (χ0) is 13.5. The van der Waals surface area contributed by atoms with E-state index in [-0.39, 0.29) is 0 Å². The monoisotopic (exact) mass is 264 g/mol. The molecule has 19 heavy (non-hydrogen) atoms. The highest BCUT2D eigenvalue weighted by atomic mass is 16.5. The lowest BCUT2D eigenvalue weighted by Gasteiger charge is -2.35. The Morgan fingerprint density at radius 3 is 2.79 bits per heavy atom. The molecule has 0 spiro atoms. The van der Waals surface area contributed by atoms with E-state index in [1.807, 2.05) is 18.3 Å². The normalized spacial score (nSPS) is 16.6. The Morgan fingerprint density at radius 2 is 2.11 bits per heavy atom. The number of aromatic nitrogens is 1. The van der Waals surface area contributed by atoms with Crippen LogP contribution in [0.2, 0.25) is 0 Å². The lowest BCUT2D eigenvalue weighted by Crippen LogP contribution is -2.48. The van der Waals surface area contributed by atoms with E-state index in [1.54, 1.807) is 0 Å². The third-order valence-corrected chi connectivity index (χ3v) is 3.33. The van der Waals surface area contributed by atoms with E-state index in [9.17, 15) is 0 Å². The second kappa shape index (κ2) is 7.31. The number of pyridine rings is 1. The molecule has 2 N–H and O–H groups in total. The van der Waals surface area contributed by atoms with Gasteiger partial charge in [-0.2, -0.15) is 0 Å². The second-order valence-electron chi connectivity index (χ2n) is 4.79. The van der Waals surface area contributed by atoms with Crippen molar-refractivity contribution < 1.29 is 4.74 Å². The van der Waals surface area contributed by atoms with Crippen molar-refractivity contribution >= 4 is 5.82 Å². The minimum atomic E-state index is 0.731. The summed E-state index contributed by atoms with van der Waals surface area (Å²) in [4.78, 5) is 9.18. The van der Waals surface area contributed by atoms with E-state index >= 15 is 0 Å². The molecule has 0 aromatic carbocycles. The van der Waals surface area contributed by atoms with Gasteiger partial charge in [0.15, 0.2) is 11.6 Å². The Hall–Kier alpha value is -1.33. The van der Waals surface area contributed by atoms with Gasteiger partial charge in [-0.15, -0.1) is 0 Å². The minimum Gasteiger partial charge on any atom is -0.490 e. The fourth-order valence-corrected chi connectivity index (χ4v) is 2.31. The first-order chi connectivity index (χ1) is 9.35. The van der Waals surface area contributed by atoms with Gasteiger partial charge in [-0.05, 0) is 18.6 Å². The van der Waals surface area contributed by atoms with Gasteiger partial charge in [0, 0.05) is 45.5 Å². The molecular weight excluding hydrogens is 240 g/mol. The van der Waals surface area contributed by atoms with E-state index < -0.39 is 0 Å². The maximum Gasteiger partial charge on any atom is 0.171 e. The van der Waals surface area contributed by atoms with Crippen LogP contribution in [-0.4, -0.2) is 55.8 Å². The van der Waals surface area contributed by atoms with E-state index in [4.69, 9.17) is 10.5 Å². The zero-order valence-electron chi connectivity index (χ0n) is 11.7. The lowest BCUT2D eigenvalue weighted by molar-refractivity contribution is 0.261. The summed E-state index contributed by atoms with van der Waals surface area (Å²) in [5, 5.41) is 0. The van der Waals surface area contributed by atoms with E-state index in [1.165, 1.54) is 0 Å². The van der Waals surface area contributed by atoms with Crippen molar-refractivity contribution in [3.05, 3.63) is 18.3 Å². The first-order valence-corrected chi connectivity index (χ1v) is 7.10. The van der Waals surface area contributed by atoms with Gasteiger partial charge in [0.05, 0.1) is 6.61 Å². The van der Waals surface area contributed by atoms with Crippen LogP contribution >= 0.6 is 0 Å². The lowest BCUT2D eigenvalue weighted by atomic mass is 10.3. The Kier molecular flexibility index (Phi) is 5.42. The number of hydrogen-bond donors (Lipinski definition) is 1. The summed E-state index contributed by atoms with van der Waals surface area (Å²) in [7, 11) is 0. The van der Waals surface area contributed by atoms with Crippen LogP contribution in [-0.2, 0) is 0 Å². The van der Waals surface area contributed by atoms with Crippen molar-refractivity contribution in [2.75, 3.05) is 50.8 Å². The molecular formula is C14H24N4O. The fourth-order valence-electron chi connectivity index (χ4n) is 2.31. The second-order valence-corrected chi connectivity index (χ2v) is 4.79. The Morgan fingerprint density at radius 1 is 1.32 bits per heavy atom. The highest BCUT2D eigenvalue weighted by Crippen LogP contribution is 2.26. The number of nitrogens with zero attached hydrogens (tertiary/aromatic N) is 3. The molecule has 5 heteroatoms. The van der Waals surface area contributed by atoms with Gasteiger partial charge in [-0.1, -0.05) is 6.92 Å². The largest absolute Gasteiger partial charge is 0.490 e. The maximum absolute atomic E-state index is 5.78. The average Bonchev–Trinajstić information content (AvgIpc) is 2.47. The molecule has 1 aliphatic heterocycles. The number of piperazine rings is 1. The van der Waals surface area contributed by atoms with Crippen molar-refractivity contribution in [1.82, 2.24) is 9.88 Å². The molecule has 2 rings (SSSR count). The number of nitrogens with two attached hydrogens (primary N) is 1. The van der Waals surface area contributed by atoms with E-state index in [0.29, 0.717) is 0 Å². The predicted molar refractivity (Wildman–Crippen MR) is 77.7 cm³/mol. The van der Waals surface area contributed by atoms with Gasteiger partial charge >= 0.3 is 0 Å². The number of anilines is 1. The molecule has 5 nitrogen and oxygen atoms in total. The summed E-state index contributed by atoms with van der Waals surface area (Å²) in [5.74, 6) is 1.87. The number of ether oxygens (including phenoxy) is 1. The van der Waals surface area contributed by atoms with Gasteiger partial charge in [-0.3, -0.25) is 4.90 Å². The van der Waals surface area contributed by atoms with E-state index in [2.05, 4.69) is 21.7 Å². The van der Waals surface area contributed by atoms with Gasteiger partial charge in [0.25, 0.3) is 0 Å². The molecule has 0 amide bonds. The van der Waals surface area contributed by atoms with Crippen LogP contribution in [0, 0.1) is 0 Å². The van der Waals surface area contributed by atoms with Gasteiger partial charge in [-0.25, -0.2) is 4.98 Å². The summed E-state index contributed by atoms with van der Waals surface area (Å²) in [6.07, 6.45) is 2.85. The molecule has 1 aromatic heterocycles. The number of hydrogen-bond acceptors (Lipinski definition) is 5. The Balaban J connectivity index is 1.98. The summed E-state index contributed by atoms with van der Waals surface area (Å²) in [6.45, 7) is 8.62. The smallest absolute Gasteiger partial charge is 0.171 e. The van der Waals surface area contributed by atoms with Gasteiger partial charge < -0.3 is 15.4 Å². The molecule has 1 aromatic rings. The molecule has 0 saturated carbocycles. The van der Waals surface area contributed by atoms with Crippen LogP contribution in [0.1, 0.15) is 13.3 Å². The molecule has 1 aliphatic rings. The summed E-state index contributed by atoms with van der Waals surface area (Å²) in [6, 6.07) is 3.93. The third kappa shape index (κ3) is 3.81. The maximum atomic E-state index is 5.78. The van der Waals surface area contributed by atoms with E-state index in [0.717, 1.165) is 63.9 Å². The highest BCUT2D eigenvalue weighted by Gasteiger charge is 2.20. The molecule has 0 radical (unpaired) electrons. The SMILES string of the molecule is CCCOc1cccnc1N1CCN(CCN)CC1. The van der Waals surface area contributed by atoms with Crippen LogP contribution < -0.4 is 15.4 Å². The molecule has 1 fully saturated rings. The van der Waals surface area contributed by atoms with Gasteiger partial charge in [0.1, 0.15) is 0 Å². The fraction of sp³-hybridized carbons (Fsp3) is 0.643. The van der Waals surface area contributed by atoms with Crippen LogP contribution in [0.3, 0.4) is 0 Å². The van der Waals surface area contributed by atoms with Crippen LogP contribution in [0.15, 0.2) is 18.3 Å².